The lowest BCUT2D eigenvalue weighted by Crippen LogP contribution is -2.39. The highest BCUT2D eigenvalue weighted by Gasteiger charge is 2.35. The van der Waals surface area contributed by atoms with Crippen molar-refractivity contribution < 1.29 is 14.1 Å². The molecule has 2 atom stereocenters. The molecule has 29 heavy (non-hydrogen) atoms. The number of carbonyl (C=O) groups is 1. The first kappa shape index (κ1) is 19.4. The zero-order chi connectivity index (χ0) is 20.2. The van der Waals surface area contributed by atoms with Crippen molar-refractivity contribution in [2.24, 2.45) is 0 Å². The van der Waals surface area contributed by atoms with Gasteiger partial charge in [-0.25, -0.2) is 0 Å². The zero-order valence-corrected chi connectivity index (χ0v) is 16.7. The molecule has 2 aromatic carbocycles. The van der Waals surface area contributed by atoms with Gasteiger partial charge in [0, 0.05) is 23.2 Å². The van der Waals surface area contributed by atoms with Crippen LogP contribution >= 0.6 is 11.6 Å². The van der Waals surface area contributed by atoms with Crippen molar-refractivity contribution in [3.63, 3.8) is 0 Å². The maximum atomic E-state index is 12.2. The fraction of sp³-hybridized carbons (Fsp3) is 0.286. The minimum atomic E-state index is -0.153. The Kier molecular flexibility index (Phi) is 5.78. The number of carbonyl (C=O) groups excluding carboxylic acids is 1. The van der Waals surface area contributed by atoms with Crippen LogP contribution in [0.3, 0.4) is 0 Å². The molecule has 1 fully saturated rings. The van der Waals surface area contributed by atoms with Gasteiger partial charge >= 0.3 is 0 Å². The smallest absolute Gasteiger partial charge is 0.258 e. The highest BCUT2D eigenvalue weighted by molar-refractivity contribution is 6.30. The van der Waals surface area contributed by atoms with Gasteiger partial charge in [0.25, 0.3) is 5.91 Å². The molecule has 0 unspecified atom stereocenters. The number of likely N-dealkylation sites (tertiary alicyclic amines) is 1. The van der Waals surface area contributed by atoms with E-state index < -0.39 is 0 Å². The number of benzene rings is 2. The predicted molar refractivity (Wildman–Crippen MR) is 109 cm³/mol. The number of ether oxygens (including phenoxy) is 1. The molecular weight excluding hydrogens is 392 g/mol. The highest BCUT2D eigenvalue weighted by Crippen LogP contribution is 2.31. The second kappa shape index (κ2) is 8.63. The molecule has 1 aliphatic heterocycles. The molecule has 1 amide bonds. The SMILES string of the molecule is CN1C[C@@H](NC(=O)COc2ccccc2)C[C@H]1c1nc(-c2ccc(Cl)cc2)no1. The topological polar surface area (TPSA) is 80.5 Å². The second-order valence-electron chi connectivity index (χ2n) is 7.02. The van der Waals surface area contributed by atoms with E-state index in [1.807, 2.05) is 49.5 Å². The summed E-state index contributed by atoms with van der Waals surface area (Å²) in [5, 5.41) is 7.75. The van der Waals surface area contributed by atoms with Gasteiger partial charge in [-0.2, -0.15) is 4.98 Å². The Hall–Kier alpha value is -2.90. The van der Waals surface area contributed by atoms with Gasteiger partial charge in [-0.1, -0.05) is 35.0 Å². The number of nitrogens with one attached hydrogen (secondary N) is 1. The maximum Gasteiger partial charge on any atom is 0.258 e. The number of nitrogens with zero attached hydrogens (tertiary/aromatic N) is 3. The molecule has 2 heterocycles. The zero-order valence-electron chi connectivity index (χ0n) is 15.9. The minimum Gasteiger partial charge on any atom is -0.484 e. The third-order valence-electron chi connectivity index (χ3n) is 4.86. The Morgan fingerprint density at radius 3 is 2.76 bits per heavy atom. The van der Waals surface area contributed by atoms with Gasteiger partial charge in [-0.15, -0.1) is 0 Å². The number of halogens is 1. The van der Waals surface area contributed by atoms with Gasteiger partial charge in [0.15, 0.2) is 6.61 Å². The summed E-state index contributed by atoms with van der Waals surface area (Å²) in [7, 11) is 1.98. The van der Waals surface area contributed by atoms with Gasteiger partial charge in [-0.05, 0) is 49.9 Å². The van der Waals surface area contributed by atoms with Crippen LogP contribution in [0.2, 0.25) is 5.02 Å². The monoisotopic (exact) mass is 412 g/mol. The van der Waals surface area contributed by atoms with Gasteiger partial charge in [0.2, 0.25) is 11.7 Å². The predicted octanol–water partition coefficient (Wildman–Crippen LogP) is 3.33. The Morgan fingerprint density at radius 1 is 1.24 bits per heavy atom. The lowest BCUT2D eigenvalue weighted by Gasteiger charge is -2.14. The van der Waals surface area contributed by atoms with E-state index in [1.165, 1.54) is 0 Å². The van der Waals surface area contributed by atoms with E-state index in [-0.39, 0.29) is 24.6 Å². The lowest BCUT2D eigenvalue weighted by molar-refractivity contribution is -0.123. The summed E-state index contributed by atoms with van der Waals surface area (Å²) in [4.78, 5) is 18.9. The molecule has 3 aromatic rings. The number of hydrogen-bond donors (Lipinski definition) is 1. The standard InChI is InChI=1S/C21H21ClN4O3/c1-26-12-16(23-19(27)13-28-17-5-3-2-4-6-17)11-18(26)21-24-20(25-29-21)14-7-9-15(22)10-8-14/h2-10,16,18H,11-13H2,1H3,(H,23,27)/t16-,18-/m0/s1. The molecule has 0 radical (unpaired) electrons. The fourth-order valence-electron chi connectivity index (χ4n) is 3.41. The van der Waals surface area contributed by atoms with Crippen LogP contribution < -0.4 is 10.1 Å². The number of rotatable bonds is 6. The van der Waals surface area contributed by atoms with Crippen LogP contribution in [0.15, 0.2) is 59.1 Å². The molecule has 4 rings (SSSR count). The second-order valence-corrected chi connectivity index (χ2v) is 7.46. The Labute approximate surface area is 173 Å². The van der Waals surface area contributed by atoms with E-state index in [9.17, 15) is 4.79 Å². The molecule has 7 nitrogen and oxygen atoms in total. The summed E-state index contributed by atoms with van der Waals surface area (Å²) in [5.74, 6) is 1.58. The first-order valence-corrected chi connectivity index (χ1v) is 9.73. The molecule has 0 aliphatic carbocycles. The van der Waals surface area contributed by atoms with Crippen molar-refractivity contribution in [1.29, 1.82) is 0 Å². The van der Waals surface area contributed by atoms with Crippen LogP contribution in [0.4, 0.5) is 0 Å². The maximum absolute atomic E-state index is 12.2. The third kappa shape index (κ3) is 4.75. The van der Waals surface area contributed by atoms with Gasteiger partial charge in [-0.3, -0.25) is 9.69 Å². The van der Waals surface area contributed by atoms with Crippen molar-refractivity contribution in [2.75, 3.05) is 20.2 Å². The van der Waals surface area contributed by atoms with Crippen LogP contribution in [0.5, 0.6) is 5.75 Å². The van der Waals surface area contributed by atoms with Crippen molar-refractivity contribution >= 4 is 17.5 Å². The quantitative estimate of drug-likeness (QED) is 0.668. The summed E-state index contributed by atoms with van der Waals surface area (Å²) < 4.78 is 11.0. The van der Waals surface area contributed by atoms with Crippen molar-refractivity contribution in [3.8, 4) is 17.1 Å². The van der Waals surface area contributed by atoms with E-state index >= 15 is 0 Å². The summed E-state index contributed by atoms with van der Waals surface area (Å²) >= 11 is 5.93. The molecular formula is C21H21ClN4O3. The largest absolute Gasteiger partial charge is 0.484 e. The number of hydrogen-bond acceptors (Lipinski definition) is 6. The Morgan fingerprint density at radius 2 is 2.00 bits per heavy atom. The Balaban J connectivity index is 1.34. The number of likely N-dealkylation sites (N-methyl/N-ethyl adjacent to an activating group) is 1. The van der Waals surface area contributed by atoms with Crippen molar-refractivity contribution in [3.05, 3.63) is 65.5 Å². The molecule has 150 valence electrons. The summed E-state index contributed by atoms with van der Waals surface area (Å²) in [5.41, 5.74) is 0.841. The molecule has 0 spiro atoms. The average Bonchev–Trinajstić information content (AvgIpc) is 3.34. The van der Waals surface area contributed by atoms with E-state index in [1.54, 1.807) is 12.1 Å². The summed E-state index contributed by atoms with van der Waals surface area (Å²) in [6, 6.07) is 16.5. The van der Waals surface area contributed by atoms with Crippen LogP contribution in [0.1, 0.15) is 18.4 Å². The minimum absolute atomic E-state index is 0.0113. The molecule has 1 aliphatic rings. The number of aromatic nitrogens is 2. The first-order valence-electron chi connectivity index (χ1n) is 9.35. The molecule has 8 heteroatoms. The van der Waals surface area contributed by atoms with Crippen molar-refractivity contribution in [1.82, 2.24) is 20.4 Å². The molecule has 1 N–H and O–H groups in total. The van der Waals surface area contributed by atoms with E-state index in [0.717, 1.165) is 5.56 Å². The number of para-hydroxylation sites is 1. The molecule has 1 saturated heterocycles. The van der Waals surface area contributed by atoms with E-state index in [0.29, 0.717) is 35.5 Å². The van der Waals surface area contributed by atoms with E-state index in [2.05, 4.69) is 20.4 Å². The van der Waals surface area contributed by atoms with Crippen molar-refractivity contribution in [2.45, 2.75) is 18.5 Å². The van der Waals surface area contributed by atoms with Crippen LogP contribution in [-0.4, -0.2) is 47.2 Å². The van der Waals surface area contributed by atoms with E-state index in [4.69, 9.17) is 20.9 Å². The fourth-order valence-corrected chi connectivity index (χ4v) is 3.54. The first-order chi connectivity index (χ1) is 14.1. The van der Waals surface area contributed by atoms with Gasteiger partial charge < -0.3 is 14.6 Å². The highest BCUT2D eigenvalue weighted by atomic mass is 35.5. The van der Waals surface area contributed by atoms with Crippen LogP contribution in [0, 0.1) is 0 Å². The Bertz CT molecular complexity index is 962. The molecule has 0 saturated carbocycles. The molecule has 0 bridgehead atoms. The summed E-state index contributed by atoms with van der Waals surface area (Å²) in [6.07, 6.45) is 0.690. The van der Waals surface area contributed by atoms with Gasteiger partial charge in [0.1, 0.15) is 5.75 Å². The number of amides is 1. The summed E-state index contributed by atoms with van der Waals surface area (Å²) in [6.45, 7) is 0.677. The third-order valence-corrected chi connectivity index (χ3v) is 5.11. The van der Waals surface area contributed by atoms with Crippen LogP contribution in [0.25, 0.3) is 11.4 Å². The van der Waals surface area contributed by atoms with Gasteiger partial charge in [0.05, 0.1) is 6.04 Å². The normalized spacial score (nSPS) is 19.2. The lowest BCUT2D eigenvalue weighted by atomic mass is 10.1. The van der Waals surface area contributed by atoms with Crippen LogP contribution in [-0.2, 0) is 4.79 Å². The molecule has 1 aromatic heterocycles. The average molecular weight is 413 g/mol.